The van der Waals surface area contributed by atoms with Gasteiger partial charge in [0.25, 0.3) is 5.91 Å². The second-order valence-corrected chi connectivity index (χ2v) is 5.72. The van der Waals surface area contributed by atoms with Crippen molar-refractivity contribution in [3.8, 4) is 5.75 Å². The fraction of sp³-hybridized carbons (Fsp3) is 0.211. The summed E-state index contributed by atoms with van der Waals surface area (Å²) in [5.41, 5.74) is 1.87. The molecule has 0 spiro atoms. The van der Waals surface area contributed by atoms with Crippen LogP contribution in [0.15, 0.2) is 54.6 Å². The first-order valence-corrected chi connectivity index (χ1v) is 7.97. The smallest absolute Gasteiger partial charge is 0.323 e. The topological polar surface area (TPSA) is 72.7 Å². The molecule has 25 heavy (non-hydrogen) atoms. The van der Waals surface area contributed by atoms with E-state index in [0.29, 0.717) is 19.5 Å². The molecule has 0 N–H and O–H groups in total. The Labute approximate surface area is 145 Å². The maximum atomic E-state index is 12.9. The number of nitro groups is 1. The van der Waals surface area contributed by atoms with Crippen LogP contribution in [0.5, 0.6) is 5.75 Å². The number of rotatable bonds is 4. The number of nitrogens with zero attached hydrogens (tertiary/aromatic N) is 2. The Kier molecular flexibility index (Phi) is 4.79. The molecule has 0 unspecified atom stereocenters. The maximum Gasteiger partial charge on any atom is 0.323 e. The molecule has 2 aromatic carbocycles. The normalized spacial score (nSPS) is 14.0. The molecular formula is C19H18N2O4. The lowest BCUT2D eigenvalue weighted by atomic mass is 10.0. The lowest BCUT2D eigenvalue weighted by Gasteiger charge is -2.27. The molecule has 2 aromatic rings. The minimum Gasteiger partial charge on any atom is -0.490 e. The van der Waals surface area contributed by atoms with Gasteiger partial charge in [-0.15, -0.1) is 0 Å². The minimum absolute atomic E-state index is 0.0543. The molecular weight excluding hydrogens is 320 g/mol. The van der Waals surface area contributed by atoms with Crippen molar-refractivity contribution in [2.45, 2.75) is 6.42 Å². The number of hydrogen-bond acceptors (Lipinski definition) is 4. The van der Waals surface area contributed by atoms with Crippen LogP contribution in [0.25, 0.3) is 5.57 Å². The van der Waals surface area contributed by atoms with Gasteiger partial charge in [0.05, 0.1) is 12.0 Å². The third-order valence-electron chi connectivity index (χ3n) is 4.21. The average molecular weight is 338 g/mol. The number of hydrogen-bond donors (Lipinski definition) is 0. The van der Waals surface area contributed by atoms with Crippen molar-refractivity contribution in [1.29, 1.82) is 0 Å². The van der Waals surface area contributed by atoms with E-state index in [1.54, 1.807) is 11.0 Å². The molecule has 0 saturated heterocycles. The van der Waals surface area contributed by atoms with Crippen LogP contribution in [0.1, 0.15) is 22.3 Å². The fourth-order valence-electron chi connectivity index (χ4n) is 3.00. The predicted octanol–water partition coefficient (Wildman–Crippen LogP) is 3.53. The quantitative estimate of drug-likeness (QED) is 0.631. The Morgan fingerprint density at radius 1 is 1.16 bits per heavy atom. The van der Waals surface area contributed by atoms with E-state index in [9.17, 15) is 14.9 Å². The van der Waals surface area contributed by atoms with Crippen LogP contribution >= 0.6 is 0 Å². The lowest BCUT2D eigenvalue weighted by molar-refractivity contribution is -0.386. The van der Waals surface area contributed by atoms with Crippen molar-refractivity contribution in [2.75, 3.05) is 20.2 Å². The third kappa shape index (κ3) is 3.38. The van der Waals surface area contributed by atoms with Gasteiger partial charge in [0.2, 0.25) is 0 Å². The molecule has 0 aliphatic carbocycles. The van der Waals surface area contributed by atoms with Gasteiger partial charge in [0.1, 0.15) is 5.56 Å². The van der Waals surface area contributed by atoms with Gasteiger partial charge in [-0.2, -0.15) is 0 Å². The third-order valence-corrected chi connectivity index (χ3v) is 4.21. The van der Waals surface area contributed by atoms with E-state index in [1.165, 1.54) is 19.2 Å². The second kappa shape index (κ2) is 7.17. The molecule has 0 bridgehead atoms. The highest BCUT2D eigenvalue weighted by atomic mass is 16.6. The van der Waals surface area contributed by atoms with Crippen molar-refractivity contribution in [3.63, 3.8) is 0 Å². The second-order valence-electron chi connectivity index (χ2n) is 5.72. The first-order valence-electron chi connectivity index (χ1n) is 7.97. The summed E-state index contributed by atoms with van der Waals surface area (Å²) >= 11 is 0. The van der Waals surface area contributed by atoms with Crippen molar-refractivity contribution in [2.24, 2.45) is 0 Å². The zero-order valence-corrected chi connectivity index (χ0v) is 13.8. The van der Waals surface area contributed by atoms with E-state index in [-0.39, 0.29) is 22.9 Å². The van der Waals surface area contributed by atoms with Crippen molar-refractivity contribution >= 4 is 17.2 Å². The van der Waals surface area contributed by atoms with Crippen LogP contribution in [0, 0.1) is 10.1 Å². The standard InChI is InChI=1S/C19H18N2O4/c1-25-17-11-5-10-16(18(17)21(23)24)19(22)20-12-6-9-15(13-20)14-7-3-2-4-8-14/h2-5,7-11H,6,12-13H2,1H3. The van der Waals surface area contributed by atoms with Gasteiger partial charge in [-0.1, -0.05) is 42.5 Å². The molecule has 6 nitrogen and oxygen atoms in total. The Bertz CT molecular complexity index is 831. The van der Waals surface area contributed by atoms with E-state index in [2.05, 4.69) is 6.08 Å². The fourth-order valence-corrected chi connectivity index (χ4v) is 3.00. The van der Waals surface area contributed by atoms with E-state index in [1.807, 2.05) is 30.3 Å². The van der Waals surface area contributed by atoms with Crippen LogP contribution < -0.4 is 4.74 Å². The predicted molar refractivity (Wildman–Crippen MR) is 94.6 cm³/mol. The summed E-state index contributed by atoms with van der Waals surface area (Å²) in [6.45, 7) is 0.959. The van der Waals surface area contributed by atoms with Crippen molar-refractivity contribution in [1.82, 2.24) is 4.90 Å². The van der Waals surface area contributed by atoms with Gasteiger partial charge in [0, 0.05) is 13.1 Å². The van der Waals surface area contributed by atoms with Gasteiger partial charge in [0.15, 0.2) is 5.75 Å². The van der Waals surface area contributed by atoms with Gasteiger partial charge in [-0.25, -0.2) is 0 Å². The zero-order valence-electron chi connectivity index (χ0n) is 13.8. The van der Waals surface area contributed by atoms with Gasteiger partial charge in [-0.05, 0) is 29.7 Å². The molecule has 0 saturated carbocycles. The Balaban J connectivity index is 1.90. The highest BCUT2D eigenvalue weighted by molar-refractivity contribution is 6.00. The number of ether oxygens (including phenoxy) is 1. The summed E-state index contributed by atoms with van der Waals surface area (Å²) in [5.74, 6) is -0.265. The molecule has 1 aliphatic heterocycles. The number of para-hydroxylation sites is 1. The molecule has 3 rings (SSSR count). The summed E-state index contributed by atoms with van der Waals surface area (Å²) in [6.07, 6.45) is 2.83. The largest absolute Gasteiger partial charge is 0.490 e. The average Bonchev–Trinajstić information content (AvgIpc) is 2.67. The van der Waals surface area contributed by atoms with Crippen LogP contribution in [-0.2, 0) is 0 Å². The molecule has 6 heteroatoms. The maximum absolute atomic E-state index is 12.9. The summed E-state index contributed by atoms with van der Waals surface area (Å²) in [5, 5.41) is 11.4. The molecule has 1 aliphatic rings. The summed E-state index contributed by atoms with van der Waals surface area (Å²) in [6, 6.07) is 14.4. The van der Waals surface area contributed by atoms with Gasteiger partial charge >= 0.3 is 5.69 Å². The minimum atomic E-state index is -0.566. The van der Waals surface area contributed by atoms with Crippen LogP contribution in [0.4, 0.5) is 5.69 Å². The van der Waals surface area contributed by atoms with E-state index >= 15 is 0 Å². The van der Waals surface area contributed by atoms with Crippen LogP contribution in [-0.4, -0.2) is 35.9 Å². The lowest BCUT2D eigenvalue weighted by Crippen LogP contribution is -2.35. The first kappa shape index (κ1) is 16.7. The van der Waals surface area contributed by atoms with Crippen LogP contribution in [0.3, 0.4) is 0 Å². The Morgan fingerprint density at radius 2 is 1.92 bits per heavy atom. The molecule has 0 atom stereocenters. The van der Waals surface area contributed by atoms with E-state index in [4.69, 9.17) is 4.74 Å². The number of amides is 1. The van der Waals surface area contributed by atoms with E-state index < -0.39 is 4.92 Å². The molecule has 1 amide bonds. The highest BCUT2D eigenvalue weighted by Gasteiger charge is 2.29. The monoisotopic (exact) mass is 338 g/mol. The molecule has 128 valence electrons. The van der Waals surface area contributed by atoms with Crippen LogP contribution in [0.2, 0.25) is 0 Å². The zero-order chi connectivity index (χ0) is 17.8. The summed E-state index contributed by atoms with van der Waals surface area (Å²) < 4.78 is 5.05. The number of carbonyl (C=O) groups is 1. The summed E-state index contributed by atoms with van der Waals surface area (Å²) in [4.78, 5) is 25.4. The van der Waals surface area contributed by atoms with Gasteiger partial charge < -0.3 is 9.64 Å². The molecule has 0 fully saturated rings. The molecule has 1 heterocycles. The van der Waals surface area contributed by atoms with Crippen molar-refractivity contribution in [3.05, 3.63) is 75.8 Å². The number of nitro benzene ring substituents is 1. The van der Waals surface area contributed by atoms with E-state index in [0.717, 1.165) is 11.1 Å². The SMILES string of the molecule is COc1cccc(C(=O)N2CCC=C(c3ccccc3)C2)c1[N+](=O)[O-]. The van der Waals surface area contributed by atoms with Gasteiger partial charge in [-0.3, -0.25) is 14.9 Å². The molecule has 0 aromatic heterocycles. The highest BCUT2D eigenvalue weighted by Crippen LogP contribution is 2.32. The Hall–Kier alpha value is -3.15. The van der Waals surface area contributed by atoms with Crippen molar-refractivity contribution < 1.29 is 14.5 Å². The number of benzene rings is 2. The first-order chi connectivity index (χ1) is 12.1. The Morgan fingerprint density at radius 3 is 2.60 bits per heavy atom. The molecule has 0 radical (unpaired) electrons. The number of carbonyl (C=O) groups excluding carboxylic acids is 1. The summed E-state index contributed by atoms with van der Waals surface area (Å²) in [7, 11) is 1.35. The number of methoxy groups -OCH3 is 1.